The van der Waals surface area contributed by atoms with Crippen LogP contribution in [0.2, 0.25) is 0 Å². The van der Waals surface area contributed by atoms with Crippen LogP contribution < -0.4 is 4.74 Å². The Kier molecular flexibility index (Phi) is 13.6. The number of benzene rings is 2. The molecule has 40 heavy (non-hydrogen) atoms. The van der Waals surface area contributed by atoms with Crippen LogP contribution in [0.3, 0.4) is 0 Å². The number of hydrogen-bond acceptors (Lipinski definition) is 4. The van der Waals surface area contributed by atoms with E-state index in [0.717, 1.165) is 42.5 Å². The summed E-state index contributed by atoms with van der Waals surface area (Å²) in [6.45, 7) is 6.96. The Morgan fingerprint density at radius 3 is 2.38 bits per heavy atom. The minimum absolute atomic E-state index is 0.0366. The van der Waals surface area contributed by atoms with Crippen molar-refractivity contribution >= 4 is 22.7 Å². The molecule has 1 N–H and O–H groups in total. The quantitative estimate of drug-likeness (QED) is 0.177. The van der Waals surface area contributed by atoms with Crippen molar-refractivity contribution in [3.63, 3.8) is 0 Å². The zero-order valence-corrected chi connectivity index (χ0v) is 24.6. The van der Waals surface area contributed by atoms with E-state index in [2.05, 4.69) is 24.0 Å². The normalized spacial score (nSPS) is 11.1. The van der Waals surface area contributed by atoms with Gasteiger partial charge in [0.2, 0.25) is 11.8 Å². The number of ether oxygens (including phenoxy) is 2. The molecule has 0 bridgehead atoms. The van der Waals surface area contributed by atoms with Gasteiger partial charge in [0.15, 0.2) is 0 Å². The van der Waals surface area contributed by atoms with Crippen LogP contribution in [0.4, 0.5) is 0 Å². The van der Waals surface area contributed by atoms with E-state index in [-0.39, 0.29) is 18.4 Å². The Morgan fingerprint density at radius 2 is 1.62 bits per heavy atom. The highest BCUT2D eigenvalue weighted by atomic mass is 16.5. The van der Waals surface area contributed by atoms with Crippen LogP contribution in [0.15, 0.2) is 54.7 Å². The number of carbonyl (C=O) groups is 2. The number of unbranched alkanes of at least 4 members (excludes halogenated alkanes) is 4. The number of nitrogens with one attached hydrogen (secondary N) is 1. The maximum atomic E-state index is 13.8. The molecule has 218 valence electrons. The van der Waals surface area contributed by atoms with E-state index in [0.29, 0.717) is 45.7 Å². The minimum atomic E-state index is -0.0366. The van der Waals surface area contributed by atoms with Gasteiger partial charge in [-0.1, -0.05) is 62.9 Å². The van der Waals surface area contributed by atoms with Gasteiger partial charge in [-0.25, -0.2) is 0 Å². The minimum Gasteiger partial charge on any atom is -0.494 e. The maximum absolute atomic E-state index is 13.8. The van der Waals surface area contributed by atoms with Gasteiger partial charge in [0.05, 0.1) is 13.2 Å². The number of aromatic amines is 1. The van der Waals surface area contributed by atoms with Gasteiger partial charge in [-0.05, 0) is 55.5 Å². The van der Waals surface area contributed by atoms with Gasteiger partial charge >= 0.3 is 0 Å². The van der Waals surface area contributed by atoms with Gasteiger partial charge in [0, 0.05) is 56.9 Å². The second-order valence-electron chi connectivity index (χ2n) is 10.3. The highest BCUT2D eigenvalue weighted by molar-refractivity contribution is 5.85. The molecule has 1 heterocycles. The van der Waals surface area contributed by atoms with Crippen molar-refractivity contribution in [3.05, 3.63) is 65.9 Å². The molecular formula is C33H47N3O4. The molecule has 1 aromatic heterocycles. The van der Waals surface area contributed by atoms with Crippen LogP contribution in [-0.4, -0.2) is 66.6 Å². The van der Waals surface area contributed by atoms with E-state index in [1.165, 1.54) is 23.8 Å². The third-order valence-electron chi connectivity index (χ3n) is 7.24. The van der Waals surface area contributed by atoms with E-state index in [1.807, 2.05) is 54.4 Å². The first-order valence-corrected chi connectivity index (χ1v) is 14.9. The first kappa shape index (κ1) is 31.2. The fourth-order valence-electron chi connectivity index (χ4n) is 4.96. The Bertz CT molecular complexity index is 1160. The number of nitrogens with zero attached hydrogens (tertiary/aromatic N) is 2. The molecule has 0 fully saturated rings. The van der Waals surface area contributed by atoms with E-state index in [1.54, 1.807) is 12.0 Å². The van der Waals surface area contributed by atoms with Gasteiger partial charge in [-0.3, -0.25) is 9.59 Å². The van der Waals surface area contributed by atoms with Crippen molar-refractivity contribution in [2.45, 2.75) is 71.8 Å². The van der Waals surface area contributed by atoms with Crippen molar-refractivity contribution in [1.29, 1.82) is 0 Å². The molecule has 0 saturated heterocycles. The first-order chi connectivity index (χ1) is 19.5. The molecular weight excluding hydrogens is 502 g/mol. The number of hydrogen-bond donors (Lipinski definition) is 1. The molecule has 0 aliphatic rings. The van der Waals surface area contributed by atoms with Crippen LogP contribution in [0.25, 0.3) is 10.9 Å². The summed E-state index contributed by atoms with van der Waals surface area (Å²) in [6.07, 6.45) is 9.38. The highest BCUT2D eigenvalue weighted by Crippen LogP contribution is 2.20. The molecule has 0 atom stereocenters. The summed E-state index contributed by atoms with van der Waals surface area (Å²) < 4.78 is 10.8. The summed E-state index contributed by atoms with van der Waals surface area (Å²) in [5.41, 5.74) is 3.31. The lowest BCUT2D eigenvalue weighted by Crippen LogP contribution is -2.44. The molecule has 2 aromatic carbocycles. The van der Waals surface area contributed by atoms with Crippen molar-refractivity contribution in [2.75, 3.05) is 40.0 Å². The van der Waals surface area contributed by atoms with Gasteiger partial charge in [0.25, 0.3) is 0 Å². The first-order valence-electron chi connectivity index (χ1n) is 14.9. The number of methoxy groups -OCH3 is 1. The van der Waals surface area contributed by atoms with Gasteiger partial charge in [0.1, 0.15) is 5.75 Å². The Morgan fingerprint density at radius 1 is 0.850 bits per heavy atom. The Hall–Kier alpha value is -3.32. The fourth-order valence-corrected chi connectivity index (χ4v) is 4.96. The third kappa shape index (κ3) is 10.0. The van der Waals surface area contributed by atoms with Crippen LogP contribution in [0, 0.1) is 0 Å². The second kappa shape index (κ2) is 17.4. The van der Waals surface area contributed by atoms with Crippen LogP contribution in [-0.2, 0) is 27.3 Å². The largest absolute Gasteiger partial charge is 0.494 e. The van der Waals surface area contributed by atoms with Crippen LogP contribution >= 0.6 is 0 Å². The lowest BCUT2D eigenvalue weighted by atomic mass is 10.1. The highest BCUT2D eigenvalue weighted by Gasteiger charge is 2.22. The summed E-state index contributed by atoms with van der Waals surface area (Å²) >= 11 is 0. The number of carbonyl (C=O) groups excluding carboxylic acids is 2. The molecule has 7 nitrogen and oxygen atoms in total. The van der Waals surface area contributed by atoms with Gasteiger partial charge in [-0.2, -0.15) is 0 Å². The molecule has 0 radical (unpaired) electrons. The van der Waals surface area contributed by atoms with Crippen molar-refractivity contribution in [1.82, 2.24) is 14.8 Å². The van der Waals surface area contributed by atoms with Crippen LogP contribution in [0.5, 0.6) is 5.75 Å². The molecule has 3 rings (SSSR count). The summed E-state index contributed by atoms with van der Waals surface area (Å²) in [5.74, 6) is 0.834. The predicted octanol–water partition coefficient (Wildman–Crippen LogP) is 6.36. The second-order valence-corrected chi connectivity index (χ2v) is 10.3. The fraction of sp³-hybridized carbons (Fsp3) is 0.515. The summed E-state index contributed by atoms with van der Waals surface area (Å²) in [7, 11) is 1.66. The molecule has 0 aliphatic carbocycles. The van der Waals surface area contributed by atoms with Gasteiger partial charge in [-0.15, -0.1) is 0 Å². The average molecular weight is 550 g/mol. The lowest BCUT2D eigenvalue weighted by molar-refractivity contribution is -0.141. The molecule has 0 aliphatic heterocycles. The molecule has 7 heteroatoms. The molecule has 2 amide bonds. The van der Waals surface area contributed by atoms with E-state index in [9.17, 15) is 9.59 Å². The monoisotopic (exact) mass is 549 g/mol. The molecule has 3 aromatic rings. The van der Waals surface area contributed by atoms with E-state index < -0.39 is 0 Å². The van der Waals surface area contributed by atoms with Gasteiger partial charge < -0.3 is 24.3 Å². The number of rotatable bonds is 19. The topological polar surface area (TPSA) is 74.9 Å². The summed E-state index contributed by atoms with van der Waals surface area (Å²) in [6, 6.07) is 16.1. The number of aromatic nitrogens is 1. The Balaban J connectivity index is 1.72. The maximum Gasteiger partial charge on any atom is 0.242 e. The zero-order valence-electron chi connectivity index (χ0n) is 24.6. The van der Waals surface area contributed by atoms with Crippen molar-refractivity contribution < 1.29 is 19.1 Å². The smallest absolute Gasteiger partial charge is 0.242 e. The zero-order chi connectivity index (χ0) is 28.6. The molecule has 0 saturated carbocycles. The summed E-state index contributed by atoms with van der Waals surface area (Å²) in [5, 5.41) is 1.18. The van der Waals surface area contributed by atoms with Crippen molar-refractivity contribution in [3.8, 4) is 5.75 Å². The standard InChI is InChI=1S/C33H47N3O4/c1-4-6-7-8-9-15-32(37)35(21-12-23-39-3)26-33(38)36(25-27-16-18-29(19-17-27)40-5-2)22-20-28-24-34-31-14-11-10-13-30(28)31/h10-11,13-14,16-19,24,34H,4-9,12,15,20-23,25-26H2,1-3H3. The molecule has 0 unspecified atom stereocenters. The van der Waals surface area contributed by atoms with E-state index >= 15 is 0 Å². The number of amides is 2. The molecule has 0 spiro atoms. The number of para-hydroxylation sites is 1. The average Bonchev–Trinajstić information content (AvgIpc) is 3.38. The lowest BCUT2D eigenvalue weighted by Gasteiger charge is -2.28. The van der Waals surface area contributed by atoms with E-state index in [4.69, 9.17) is 9.47 Å². The Labute approximate surface area is 239 Å². The van der Waals surface area contributed by atoms with Crippen LogP contribution in [0.1, 0.15) is 69.9 Å². The predicted molar refractivity (Wildman–Crippen MR) is 161 cm³/mol. The SMILES string of the molecule is CCCCCCCC(=O)N(CCCOC)CC(=O)N(CCc1c[nH]c2ccccc12)Cc1ccc(OCC)cc1. The number of fused-ring (bicyclic) bond motifs is 1. The van der Waals surface area contributed by atoms with Crippen molar-refractivity contribution in [2.24, 2.45) is 0 Å². The third-order valence-corrected chi connectivity index (χ3v) is 7.24. The number of H-pyrrole nitrogens is 1. The summed E-state index contributed by atoms with van der Waals surface area (Å²) in [4.78, 5) is 33.9.